The quantitative estimate of drug-likeness (QED) is 0.276. The van der Waals surface area contributed by atoms with Crippen LogP contribution in [0.15, 0.2) is 60.2 Å². The minimum Gasteiger partial charge on any atom is -0.507 e. The monoisotopic (exact) mass is 511 g/mol. The van der Waals surface area contributed by atoms with Crippen molar-refractivity contribution in [3.8, 4) is 17.2 Å². The van der Waals surface area contributed by atoms with Gasteiger partial charge in [0, 0.05) is 16.8 Å². The summed E-state index contributed by atoms with van der Waals surface area (Å²) in [6, 6.07) is 14.0. The maximum absolute atomic E-state index is 13.4. The third kappa shape index (κ3) is 3.87. The molecule has 0 spiro atoms. The molecule has 2 heterocycles. The van der Waals surface area contributed by atoms with Crippen molar-refractivity contribution in [2.45, 2.75) is 13.0 Å². The predicted molar refractivity (Wildman–Crippen MR) is 132 cm³/mol. The zero-order valence-electron chi connectivity index (χ0n) is 18.7. The first kappa shape index (κ1) is 23.1. The summed E-state index contributed by atoms with van der Waals surface area (Å²) < 4.78 is 16.2. The number of carbonyl (C=O) groups is 2. The first-order valence-corrected chi connectivity index (χ1v) is 11.4. The number of aliphatic hydroxyl groups is 1. The van der Waals surface area contributed by atoms with Crippen molar-refractivity contribution in [2.24, 2.45) is 0 Å². The smallest absolute Gasteiger partial charge is 0.300 e. The van der Waals surface area contributed by atoms with E-state index >= 15 is 0 Å². The summed E-state index contributed by atoms with van der Waals surface area (Å²) in [6.45, 7) is 1.86. The number of benzene rings is 3. The summed E-state index contributed by atoms with van der Waals surface area (Å²) in [5.41, 5.74) is 1.83. The number of fused-ring (bicyclic) bond motifs is 1. The molecule has 1 unspecified atom stereocenters. The number of Topliss-reactive ketones (excluding diaryl/α,β-unsaturated/α-hetero) is 1. The number of hydrogen-bond donors (Lipinski definition) is 1. The highest BCUT2D eigenvalue weighted by atomic mass is 35.5. The Hall–Kier alpha value is -3.68. The highest BCUT2D eigenvalue weighted by Gasteiger charge is 2.47. The first-order chi connectivity index (χ1) is 16.8. The number of anilines is 1. The molecule has 3 aromatic carbocycles. The maximum Gasteiger partial charge on any atom is 0.300 e. The van der Waals surface area contributed by atoms with Crippen molar-refractivity contribution >= 4 is 46.3 Å². The van der Waals surface area contributed by atoms with Crippen LogP contribution in [0.3, 0.4) is 0 Å². The van der Waals surface area contributed by atoms with Gasteiger partial charge in [0.1, 0.15) is 11.5 Å². The van der Waals surface area contributed by atoms with Gasteiger partial charge in [0.2, 0.25) is 6.79 Å². The van der Waals surface area contributed by atoms with E-state index in [0.29, 0.717) is 27.8 Å². The second-order valence-corrected chi connectivity index (χ2v) is 8.93. The van der Waals surface area contributed by atoms with Crippen molar-refractivity contribution in [3.63, 3.8) is 0 Å². The van der Waals surface area contributed by atoms with E-state index in [1.54, 1.807) is 61.5 Å². The van der Waals surface area contributed by atoms with E-state index in [0.717, 1.165) is 5.56 Å². The van der Waals surface area contributed by atoms with Gasteiger partial charge in [0.05, 0.1) is 29.3 Å². The van der Waals surface area contributed by atoms with Gasteiger partial charge in [-0.1, -0.05) is 35.3 Å². The summed E-state index contributed by atoms with van der Waals surface area (Å²) in [6.07, 6.45) is 0. The fourth-order valence-electron chi connectivity index (χ4n) is 4.35. The average Bonchev–Trinajstić information content (AvgIpc) is 3.40. The molecule has 0 radical (unpaired) electrons. The molecule has 9 heteroatoms. The van der Waals surface area contributed by atoms with Gasteiger partial charge >= 0.3 is 0 Å². The third-order valence-electron chi connectivity index (χ3n) is 5.91. The Morgan fingerprint density at radius 1 is 1.03 bits per heavy atom. The molecule has 5 rings (SSSR count). The third-order valence-corrected chi connectivity index (χ3v) is 6.44. The number of aryl methyl sites for hydroxylation is 1. The average molecular weight is 512 g/mol. The molecule has 1 atom stereocenters. The lowest BCUT2D eigenvalue weighted by molar-refractivity contribution is -0.132. The maximum atomic E-state index is 13.4. The Balaban J connectivity index is 1.75. The van der Waals surface area contributed by atoms with E-state index in [4.69, 9.17) is 37.4 Å². The minimum absolute atomic E-state index is 0.0616. The predicted octanol–water partition coefficient (Wildman–Crippen LogP) is 5.67. The fraction of sp³-hybridized carbons (Fsp3) is 0.154. The molecular weight excluding hydrogens is 493 g/mol. The number of rotatable bonds is 4. The zero-order chi connectivity index (χ0) is 24.9. The van der Waals surface area contributed by atoms with E-state index < -0.39 is 23.5 Å². The van der Waals surface area contributed by atoms with E-state index in [9.17, 15) is 14.7 Å². The Morgan fingerprint density at radius 2 is 1.74 bits per heavy atom. The van der Waals surface area contributed by atoms with E-state index in [2.05, 4.69) is 0 Å². The number of amides is 1. The molecule has 0 aliphatic carbocycles. The SMILES string of the molecule is COc1c(Cl)cc(C)cc1/C(O)=C1\C(=O)C(=O)N(c2ccc3c(c2)OCO3)C1c1ccc(Cl)cc1. The molecule has 0 aromatic heterocycles. The van der Waals surface area contributed by atoms with Crippen LogP contribution in [0.1, 0.15) is 22.7 Å². The van der Waals surface area contributed by atoms with Gasteiger partial charge in [0.25, 0.3) is 11.7 Å². The van der Waals surface area contributed by atoms with Gasteiger partial charge in [0.15, 0.2) is 11.5 Å². The van der Waals surface area contributed by atoms with Gasteiger partial charge < -0.3 is 19.3 Å². The van der Waals surface area contributed by atoms with Crippen LogP contribution in [-0.2, 0) is 9.59 Å². The largest absolute Gasteiger partial charge is 0.507 e. The lowest BCUT2D eigenvalue weighted by atomic mass is 9.94. The van der Waals surface area contributed by atoms with Crippen molar-refractivity contribution in [1.29, 1.82) is 0 Å². The van der Waals surface area contributed by atoms with Gasteiger partial charge in [-0.05, 0) is 54.4 Å². The molecule has 1 fully saturated rings. The summed E-state index contributed by atoms with van der Waals surface area (Å²) >= 11 is 12.4. The number of carbonyl (C=O) groups excluding carboxylic acids is 2. The molecule has 7 nitrogen and oxygen atoms in total. The lowest BCUT2D eigenvalue weighted by Crippen LogP contribution is -2.29. The molecule has 0 bridgehead atoms. The lowest BCUT2D eigenvalue weighted by Gasteiger charge is -2.26. The second-order valence-electron chi connectivity index (χ2n) is 8.09. The highest BCUT2D eigenvalue weighted by molar-refractivity contribution is 6.51. The summed E-state index contributed by atoms with van der Waals surface area (Å²) in [4.78, 5) is 28.1. The van der Waals surface area contributed by atoms with Crippen LogP contribution < -0.4 is 19.1 Å². The van der Waals surface area contributed by atoms with Gasteiger partial charge in [-0.25, -0.2) is 0 Å². The van der Waals surface area contributed by atoms with Gasteiger partial charge in [-0.3, -0.25) is 14.5 Å². The van der Waals surface area contributed by atoms with Crippen molar-refractivity contribution < 1.29 is 28.9 Å². The number of nitrogens with zero attached hydrogens (tertiary/aromatic N) is 1. The fourth-order valence-corrected chi connectivity index (χ4v) is 4.83. The van der Waals surface area contributed by atoms with Crippen LogP contribution >= 0.6 is 23.2 Å². The molecular formula is C26H19Cl2NO6. The topological polar surface area (TPSA) is 85.3 Å². The van der Waals surface area contributed by atoms with Gasteiger partial charge in [-0.2, -0.15) is 0 Å². The molecule has 3 aromatic rings. The Bertz CT molecular complexity index is 1400. The first-order valence-electron chi connectivity index (χ1n) is 10.6. The van der Waals surface area contributed by atoms with Crippen LogP contribution in [0.2, 0.25) is 10.0 Å². The Kier molecular flexibility index (Phi) is 5.83. The van der Waals surface area contributed by atoms with E-state index in [-0.39, 0.29) is 28.7 Å². The Morgan fingerprint density at radius 3 is 2.46 bits per heavy atom. The number of halogens is 2. The van der Waals surface area contributed by atoms with E-state index in [1.807, 2.05) is 0 Å². The Labute approximate surface area is 211 Å². The molecule has 2 aliphatic rings. The summed E-state index contributed by atoms with van der Waals surface area (Å²) in [5.74, 6) is -0.866. The van der Waals surface area contributed by atoms with Crippen LogP contribution in [0.25, 0.3) is 5.76 Å². The van der Waals surface area contributed by atoms with Crippen LogP contribution in [-0.4, -0.2) is 30.7 Å². The molecule has 1 N–H and O–H groups in total. The molecule has 0 saturated carbocycles. The second kappa shape index (κ2) is 8.83. The van der Waals surface area contributed by atoms with Crippen molar-refractivity contribution in [1.82, 2.24) is 0 Å². The molecule has 35 heavy (non-hydrogen) atoms. The number of ether oxygens (including phenoxy) is 3. The molecule has 178 valence electrons. The highest BCUT2D eigenvalue weighted by Crippen LogP contribution is 2.46. The summed E-state index contributed by atoms with van der Waals surface area (Å²) in [7, 11) is 1.41. The normalized spacial score (nSPS) is 18.3. The number of aliphatic hydroxyl groups excluding tert-OH is 1. The van der Waals surface area contributed by atoms with Crippen molar-refractivity contribution in [3.05, 3.63) is 86.9 Å². The number of hydrogen-bond acceptors (Lipinski definition) is 6. The number of methoxy groups -OCH3 is 1. The molecule has 1 amide bonds. The van der Waals surface area contributed by atoms with Crippen LogP contribution in [0, 0.1) is 6.92 Å². The zero-order valence-corrected chi connectivity index (χ0v) is 20.2. The van der Waals surface area contributed by atoms with Gasteiger partial charge in [-0.15, -0.1) is 0 Å². The van der Waals surface area contributed by atoms with E-state index in [1.165, 1.54) is 12.0 Å². The number of ketones is 1. The van der Waals surface area contributed by atoms with Crippen LogP contribution in [0.5, 0.6) is 17.2 Å². The molecule has 1 saturated heterocycles. The minimum atomic E-state index is -0.948. The molecule has 2 aliphatic heterocycles. The summed E-state index contributed by atoms with van der Waals surface area (Å²) in [5, 5.41) is 12.2. The van der Waals surface area contributed by atoms with Crippen LogP contribution in [0.4, 0.5) is 5.69 Å². The van der Waals surface area contributed by atoms with Crippen molar-refractivity contribution in [2.75, 3.05) is 18.8 Å². The standard InChI is InChI=1S/C26H19Cl2NO6/c1-13-9-17(25(33-2)18(28)10-13)23(30)21-22(14-3-5-15(27)6-4-14)29(26(32)24(21)31)16-7-8-19-20(11-16)35-12-34-19/h3-11,22,30H,12H2,1-2H3/b23-21+.